The number of anilines is 1. The zero-order valence-electron chi connectivity index (χ0n) is 17.1. The molecule has 4 aromatic rings. The Morgan fingerprint density at radius 1 is 1.16 bits per heavy atom. The number of carbonyl (C=O) groups is 1. The number of para-hydroxylation sites is 1. The van der Waals surface area contributed by atoms with E-state index in [1.54, 1.807) is 13.3 Å². The lowest BCUT2D eigenvalue weighted by Gasteiger charge is -2.13. The van der Waals surface area contributed by atoms with Crippen molar-refractivity contribution in [1.82, 2.24) is 19.7 Å². The number of thiazole rings is 1. The molecule has 0 saturated heterocycles. The van der Waals surface area contributed by atoms with Gasteiger partial charge in [0.25, 0.3) is 0 Å². The first-order valence-corrected chi connectivity index (χ1v) is 11.4. The lowest BCUT2D eigenvalue weighted by atomic mass is 10.1. The molecule has 0 fully saturated rings. The smallest absolute Gasteiger partial charge is 0.239 e. The molecule has 2 aromatic carbocycles. The molecule has 9 heteroatoms. The minimum absolute atomic E-state index is 0.126. The van der Waals surface area contributed by atoms with E-state index < -0.39 is 0 Å². The van der Waals surface area contributed by atoms with Gasteiger partial charge in [0.15, 0.2) is 10.3 Å². The Labute approximate surface area is 188 Å². The summed E-state index contributed by atoms with van der Waals surface area (Å²) in [6.45, 7) is 1.85. The number of hydrogen-bond acceptors (Lipinski definition) is 7. The fourth-order valence-electron chi connectivity index (χ4n) is 2.96. The SMILES string of the molecule is COc1ccc(Cc2nnc(S[C@@H](C)C(=O)Nc3nccs3)n2-c2ccccc2)cc1. The number of hydrogen-bond donors (Lipinski definition) is 1. The highest BCUT2D eigenvalue weighted by Crippen LogP contribution is 2.28. The van der Waals surface area contributed by atoms with Gasteiger partial charge in [-0.05, 0) is 36.8 Å². The molecule has 0 radical (unpaired) electrons. The number of aromatic nitrogens is 4. The number of thioether (sulfide) groups is 1. The van der Waals surface area contributed by atoms with Crippen molar-refractivity contribution in [1.29, 1.82) is 0 Å². The quantitative estimate of drug-likeness (QED) is 0.399. The predicted octanol–water partition coefficient (Wildman–Crippen LogP) is 4.44. The van der Waals surface area contributed by atoms with Gasteiger partial charge in [-0.15, -0.1) is 21.5 Å². The van der Waals surface area contributed by atoms with Crippen molar-refractivity contribution in [3.8, 4) is 11.4 Å². The Balaban J connectivity index is 1.59. The van der Waals surface area contributed by atoms with Gasteiger partial charge in [0.05, 0.1) is 12.4 Å². The zero-order chi connectivity index (χ0) is 21.6. The van der Waals surface area contributed by atoms with E-state index >= 15 is 0 Å². The van der Waals surface area contributed by atoms with Crippen LogP contribution < -0.4 is 10.1 Å². The number of amides is 1. The number of ether oxygens (including phenoxy) is 1. The molecule has 4 rings (SSSR count). The monoisotopic (exact) mass is 451 g/mol. The van der Waals surface area contributed by atoms with Crippen molar-refractivity contribution < 1.29 is 9.53 Å². The number of nitrogens with one attached hydrogen (secondary N) is 1. The molecule has 0 saturated carbocycles. The lowest BCUT2D eigenvalue weighted by Crippen LogP contribution is -2.22. The van der Waals surface area contributed by atoms with Gasteiger partial charge in [0.2, 0.25) is 5.91 Å². The van der Waals surface area contributed by atoms with Crippen LogP contribution in [0.3, 0.4) is 0 Å². The van der Waals surface area contributed by atoms with E-state index in [1.807, 2.05) is 71.5 Å². The first-order valence-electron chi connectivity index (χ1n) is 9.63. The number of methoxy groups -OCH3 is 1. The third-order valence-electron chi connectivity index (χ3n) is 4.55. The summed E-state index contributed by atoms with van der Waals surface area (Å²) in [5.41, 5.74) is 2.04. The Hall–Kier alpha value is -3.17. The highest BCUT2D eigenvalue weighted by Gasteiger charge is 2.22. The van der Waals surface area contributed by atoms with Gasteiger partial charge in [-0.3, -0.25) is 9.36 Å². The van der Waals surface area contributed by atoms with Crippen LogP contribution in [0, 0.1) is 0 Å². The first kappa shape index (κ1) is 21.1. The third kappa shape index (κ3) is 5.12. The van der Waals surface area contributed by atoms with Crippen molar-refractivity contribution in [2.24, 2.45) is 0 Å². The lowest BCUT2D eigenvalue weighted by molar-refractivity contribution is -0.115. The van der Waals surface area contributed by atoms with Crippen molar-refractivity contribution in [2.75, 3.05) is 12.4 Å². The Bertz CT molecular complexity index is 1130. The van der Waals surface area contributed by atoms with Crippen molar-refractivity contribution in [3.63, 3.8) is 0 Å². The molecule has 158 valence electrons. The van der Waals surface area contributed by atoms with E-state index in [0.717, 1.165) is 22.8 Å². The Morgan fingerprint density at radius 2 is 1.94 bits per heavy atom. The maximum absolute atomic E-state index is 12.6. The second-order valence-corrected chi connectivity index (χ2v) is 8.88. The fraction of sp³-hybridized carbons (Fsp3) is 0.182. The first-order chi connectivity index (χ1) is 15.1. The van der Waals surface area contributed by atoms with E-state index in [4.69, 9.17) is 4.74 Å². The molecule has 0 bridgehead atoms. The van der Waals surface area contributed by atoms with Gasteiger partial charge in [-0.2, -0.15) is 0 Å². The van der Waals surface area contributed by atoms with Gasteiger partial charge in [-0.1, -0.05) is 42.1 Å². The number of benzene rings is 2. The molecule has 1 atom stereocenters. The molecule has 0 aliphatic carbocycles. The summed E-state index contributed by atoms with van der Waals surface area (Å²) in [4.78, 5) is 16.7. The van der Waals surface area contributed by atoms with Crippen LogP contribution in [0.25, 0.3) is 5.69 Å². The number of carbonyl (C=O) groups excluding carboxylic acids is 1. The van der Waals surface area contributed by atoms with Gasteiger partial charge < -0.3 is 10.1 Å². The molecule has 0 aliphatic rings. The maximum Gasteiger partial charge on any atom is 0.239 e. The zero-order valence-corrected chi connectivity index (χ0v) is 18.7. The van der Waals surface area contributed by atoms with Crippen molar-refractivity contribution in [2.45, 2.75) is 23.8 Å². The Morgan fingerprint density at radius 3 is 2.61 bits per heavy atom. The average molecular weight is 452 g/mol. The second kappa shape index (κ2) is 9.76. The van der Waals surface area contributed by atoms with Crippen LogP contribution in [0.15, 0.2) is 71.3 Å². The second-order valence-electron chi connectivity index (χ2n) is 6.68. The molecular weight excluding hydrogens is 430 g/mol. The number of nitrogens with zero attached hydrogens (tertiary/aromatic N) is 4. The molecule has 2 aromatic heterocycles. The predicted molar refractivity (Wildman–Crippen MR) is 123 cm³/mol. The molecule has 0 spiro atoms. The molecule has 0 aliphatic heterocycles. The normalized spacial score (nSPS) is 11.8. The van der Waals surface area contributed by atoms with Crippen LogP contribution in [0.1, 0.15) is 18.3 Å². The fourth-order valence-corrected chi connectivity index (χ4v) is 4.38. The average Bonchev–Trinajstić information content (AvgIpc) is 3.45. The highest BCUT2D eigenvalue weighted by atomic mass is 32.2. The Kier molecular flexibility index (Phi) is 6.63. The molecule has 31 heavy (non-hydrogen) atoms. The third-order valence-corrected chi connectivity index (χ3v) is 6.28. The van der Waals surface area contributed by atoms with Crippen LogP contribution in [-0.2, 0) is 11.2 Å². The van der Waals surface area contributed by atoms with Gasteiger partial charge in [0.1, 0.15) is 11.6 Å². The van der Waals surface area contributed by atoms with Gasteiger partial charge >= 0.3 is 0 Å². The summed E-state index contributed by atoms with van der Waals surface area (Å²) in [7, 11) is 1.65. The van der Waals surface area contributed by atoms with Crippen LogP contribution in [0.4, 0.5) is 5.13 Å². The minimum Gasteiger partial charge on any atom is -0.497 e. The molecule has 2 heterocycles. The summed E-state index contributed by atoms with van der Waals surface area (Å²) < 4.78 is 7.24. The van der Waals surface area contributed by atoms with E-state index in [-0.39, 0.29) is 11.2 Å². The van der Waals surface area contributed by atoms with Gasteiger partial charge in [0, 0.05) is 23.7 Å². The van der Waals surface area contributed by atoms with Crippen LogP contribution in [0.2, 0.25) is 0 Å². The summed E-state index contributed by atoms with van der Waals surface area (Å²) >= 11 is 2.76. The van der Waals surface area contributed by atoms with Crippen LogP contribution >= 0.6 is 23.1 Å². The summed E-state index contributed by atoms with van der Waals surface area (Å²) in [6, 6.07) is 17.8. The van der Waals surface area contributed by atoms with E-state index in [2.05, 4.69) is 20.5 Å². The van der Waals surface area contributed by atoms with E-state index in [0.29, 0.717) is 16.7 Å². The van der Waals surface area contributed by atoms with Gasteiger partial charge in [-0.25, -0.2) is 4.98 Å². The molecule has 7 nitrogen and oxygen atoms in total. The van der Waals surface area contributed by atoms with Crippen molar-refractivity contribution in [3.05, 3.63) is 77.6 Å². The van der Waals surface area contributed by atoms with E-state index in [9.17, 15) is 4.79 Å². The molecule has 1 amide bonds. The topological polar surface area (TPSA) is 81.9 Å². The van der Waals surface area contributed by atoms with E-state index in [1.165, 1.54) is 23.1 Å². The largest absolute Gasteiger partial charge is 0.497 e. The minimum atomic E-state index is -0.371. The maximum atomic E-state index is 12.6. The summed E-state index contributed by atoms with van der Waals surface area (Å²) in [5.74, 6) is 1.48. The van der Waals surface area contributed by atoms with Crippen molar-refractivity contribution >= 4 is 34.1 Å². The number of rotatable bonds is 8. The summed E-state index contributed by atoms with van der Waals surface area (Å²) in [5, 5.41) is 14.4. The molecule has 0 unspecified atom stereocenters. The standard InChI is InChI=1S/C22H21N5O2S2/c1-15(20(28)24-21-23-12-13-30-21)31-22-26-25-19(27(22)17-6-4-3-5-7-17)14-16-8-10-18(29-2)11-9-16/h3-13,15H,14H2,1-2H3,(H,23,24,28)/t15-/m0/s1. The molecular formula is C22H21N5O2S2. The summed E-state index contributed by atoms with van der Waals surface area (Å²) in [6.07, 6.45) is 2.27. The van der Waals surface area contributed by atoms with Crippen LogP contribution in [0.5, 0.6) is 5.75 Å². The highest BCUT2D eigenvalue weighted by molar-refractivity contribution is 8.00. The molecule has 1 N–H and O–H groups in total. The van der Waals surface area contributed by atoms with Crippen LogP contribution in [-0.4, -0.2) is 38.0 Å².